The van der Waals surface area contributed by atoms with E-state index in [4.69, 9.17) is 5.11 Å². The molecule has 0 saturated carbocycles. The molecule has 7 nitrogen and oxygen atoms in total. The van der Waals surface area contributed by atoms with Gasteiger partial charge in [-0.05, 0) is 13.0 Å². The first kappa shape index (κ1) is 14.5. The maximum Gasteiger partial charge on any atom is 0.325 e. The summed E-state index contributed by atoms with van der Waals surface area (Å²) in [6, 6.07) is -0.576. The van der Waals surface area contributed by atoms with E-state index in [1.165, 1.54) is 0 Å². The summed E-state index contributed by atoms with van der Waals surface area (Å²) in [7, 11) is 0. The van der Waals surface area contributed by atoms with Crippen LogP contribution in [0.3, 0.4) is 0 Å². The molecule has 0 saturated heterocycles. The van der Waals surface area contributed by atoms with Crippen molar-refractivity contribution in [3.05, 3.63) is 39.4 Å². The van der Waals surface area contributed by atoms with Gasteiger partial charge in [0.15, 0.2) is 0 Å². The molecule has 0 spiro atoms. The van der Waals surface area contributed by atoms with Crippen LogP contribution in [0.15, 0.2) is 12.1 Å². The van der Waals surface area contributed by atoms with Crippen LogP contribution in [0.4, 0.5) is 14.5 Å². The smallest absolute Gasteiger partial charge is 0.325 e. The molecule has 0 aliphatic rings. The fourth-order valence-corrected chi connectivity index (χ4v) is 1.21. The van der Waals surface area contributed by atoms with Crippen molar-refractivity contribution >= 4 is 17.6 Å². The lowest BCUT2D eigenvalue weighted by molar-refractivity contribution is -0.387. The fraction of sp³-hybridized carbons (Fsp3) is 0.200. The minimum absolute atomic E-state index is 0.326. The van der Waals surface area contributed by atoms with Gasteiger partial charge in [0.1, 0.15) is 11.9 Å². The van der Waals surface area contributed by atoms with Gasteiger partial charge < -0.3 is 10.4 Å². The van der Waals surface area contributed by atoms with Crippen LogP contribution in [0.5, 0.6) is 0 Å². The topological polar surface area (TPSA) is 110 Å². The van der Waals surface area contributed by atoms with E-state index in [2.05, 4.69) is 0 Å². The molecular weight excluding hydrogens is 266 g/mol. The number of carboxylic acids is 1. The van der Waals surface area contributed by atoms with Crippen LogP contribution in [0.25, 0.3) is 0 Å². The number of benzene rings is 1. The number of carbonyl (C=O) groups is 2. The molecule has 0 aromatic heterocycles. The SMILES string of the molecule is C[C@@H](NC(=O)c1cc(F)cc([N+](=O)[O-])c1F)C(=O)O. The molecule has 0 fully saturated rings. The largest absolute Gasteiger partial charge is 0.480 e. The Bertz CT molecular complexity index is 561. The third-order valence-corrected chi connectivity index (χ3v) is 2.18. The lowest BCUT2D eigenvalue weighted by atomic mass is 10.1. The summed E-state index contributed by atoms with van der Waals surface area (Å²) in [5, 5.41) is 20.9. The maximum atomic E-state index is 13.6. The molecule has 1 aromatic rings. The number of nitro groups is 1. The molecule has 1 rings (SSSR count). The van der Waals surface area contributed by atoms with Gasteiger partial charge in [0.2, 0.25) is 5.82 Å². The first-order valence-corrected chi connectivity index (χ1v) is 4.91. The summed E-state index contributed by atoms with van der Waals surface area (Å²) in [5.41, 5.74) is -2.13. The van der Waals surface area contributed by atoms with Crippen LogP contribution in [0.2, 0.25) is 0 Å². The number of nitrogens with zero attached hydrogens (tertiary/aromatic N) is 1. The lowest BCUT2D eigenvalue weighted by Crippen LogP contribution is -2.38. The number of carboxylic acid groups (broad SMARTS) is 1. The summed E-state index contributed by atoms with van der Waals surface area (Å²) >= 11 is 0. The van der Waals surface area contributed by atoms with Crippen LogP contribution in [-0.2, 0) is 4.79 Å². The zero-order valence-electron chi connectivity index (χ0n) is 9.52. The quantitative estimate of drug-likeness (QED) is 0.630. The Morgan fingerprint density at radius 1 is 1.42 bits per heavy atom. The number of aliphatic carboxylic acids is 1. The maximum absolute atomic E-state index is 13.6. The molecule has 19 heavy (non-hydrogen) atoms. The second-order valence-electron chi connectivity index (χ2n) is 3.58. The molecule has 0 aliphatic heterocycles. The summed E-state index contributed by atoms with van der Waals surface area (Å²) in [6.07, 6.45) is 0. The van der Waals surface area contributed by atoms with E-state index in [1.54, 1.807) is 0 Å². The van der Waals surface area contributed by atoms with E-state index in [9.17, 15) is 28.5 Å². The second-order valence-corrected chi connectivity index (χ2v) is 3.58. The zero-order chi connectivity index (χ0) is 14.7. The highest BCUT2D eigenvalue weighted by Gasteiger charge is 2.25. The number of carbonyl (C=O) groups excluding carboxylic acids is 1. The summed E-state index contributed by atoms with van der Waals surface area (Å²) in [5.74, 6) is -5.35. The van der Waals surface area contributed by atoms with Crippen LogP contribution < -0.4 is 5.32 Å². The van der Waals surface area contributed by atoms with Gasteiger partial charge in [-0.1, -0.05) is 0 Å². The normalized spacial score (nSPS) is 11.7. The van der Waals surface area contributed by atoms with E-state index in [1.807, 2.05) is 5.32 Å². The molecular formula is C10H8F2N2O5. The van der Waals surface area contributed by atoms with Crippen molar-refractivity contribution in [1.82, 2.24) is 5.32 Å². The molecule has 0 heterocycles. The van der Waals surface area contributed by atoms with Crippen molar-refractivity contribution < 1.29 is 28.4 Å². The summed E-state index contributed by atoms with van der Waals surface area (Å²) in [6.45, 7) is 1.10. The average molecular weight is 274 g/mol. The van der Waals surface area contributed by atoms with Gasteiger partial charge in [-0.15, -0.1) is 0 Å². The van der Waals surface area contributed by atoms with Gasteiger partial charge in [-0.2, -0.15) is 4.39 Å². The Labute approximate surface area is 105 Å². The van der Waals surface area contributed by atoms with Crippen molar-refractivity contribution in [2.45, 2.75) is 13.0 Å². The Kier molecular flexibility index (Phi) is 4.10. The lowest BCUT2D eigenvalue weighted by Gasteiger charge is -2.09. The Hall–Kier alpha value is -2.58. The molecule has 0 radical (unpaired) electrons. The number of halogens is 2. The van der Waals surface area contributed by atoms with Gasteiger partial charge in [0.25, 0.3) is 5.91 Å². The standard InChI is InChI=1S/C10H8F2N2O5/c1-4(10(16)17)13-9(15)6-2-5(11)3-7(8(6)12)14(18)19/h2-4H,1H3,(H,13,15)(H,16,17)/t4-/m1/s1. The number of nitrogens with one attached hydrogen (secondary N) is 1. The first-order valence-electron chi connectivity index (χ1n) is 4.91. The molecule has 1 amide bonds. The van der Waals surface area contributed by atoms with E-state index in [0.29, 0.717) is 12.1 Å². The van der Waals surface area contributed by atoms with Gasteiger partial charge in [0.05, 0.1) is 16.6 Å². The van der Waals surface area contributed by atoms with Crippen molar-refractivity contribution in [1.29, 1.82) is 0 Å². The van der Waals surface area contributed by atoms with Crippen LogP contribution in [0, 0.1) is 21.7 Å². The number of amides is 1. The average Bonchev–Trinajstić information content (AvgIpc) is 2.30. The third kappa shape index (κ3) is 3.21. The van der Waals surface area contributed by atoms with Crippen LogP contribution >= 0.6 is 0 Å². The third-order valence-electron chi connectivity index (χ3n) is 2.18. The minimum atomic E-state index is -1.53. The second kappa shape index (κ2) is 5.38. The predicted molar refractivity (Wildman–Crippen MR) is 57.6 cm³/mol. The number of nitro benzene ring substituents is 1. The first-order chi connectivity index (χ1) is 8.73. The fourth-order valence-electron chi connectivity index (χ4n) is 1.21. The van der Waals surface area contributed by atoms with E-state index in [0.717, 1.165) is 6.92 Å². The Balaban J connectivity index is 3.17. The molecule has 0 unspecified atom stereocenters. The summed E-state index contributed by atoms with van der Waals surface area (Å²) < 4.78 is 26.6. The van der Waals surface area contributed by atoms with Crippen LogP contribution in [0.1, 0.15) is 17.3 Å². The van der Waals surface area contributed by atoms with Gasteiger partial charge in [-0.25, -0.2) is 4.39 Å². The monoisotopic (exact) mass is 274 g/mol. The Morgan fingerprint density at radius 2 is 2.00 bits per heavy atom. The Morgan fingerprint density at radius 3 is 2.47 bits per heavy atom. The molecule has 9 heteroatoms. The molecule has 0 bridgehead atoms. The van der Waals surface area contributed by atoms with E-state index >= 15 is 0 Å². The van der Waals surface area contributed by atoms with Gasteiger partial charge in [0, 0.05) is 0 Å². The van der Waals surface area contributed by atoms with Crippen molar-refractivity contribution in [2.75, 3.05) is 0 Å². The van der Waals surface area contributed by atoms with Gasteiger partial charge >= 0.3 is 11.7 Å². The molecule has 0 aliphatic carbocycles. The summed E-state index contributed by atoms with van der Waals surface area (Å²) in [4.78, 5) is 31.3. The number of hydrogen-bond donors (Lipinski definition) is 2. The molecule has 2 N–H and O–H groups in total. The molecule has 102 valence electrons. The van der Waals surface area contributed by atoms with Crippen molar-refractivity contribution in [3.8, 4) is 0 Å². The van der Waals surface area contributed by atoms with Gasteiger partial charge in [-0.3, -0.25) is 19.7 Å². The van der Waals surface area contributed by atoms with E-state index < -0.39 is 45.7 Å². The van der Waals surface area contributed by atoms with Crippen molar-refractivity contribution in [2.24, 2.45) is 0 Å². The van der Waals surface area contributed by atoms with Crippen LogP contribution in [-0.4, -0.2) is 27.9 Å². The highest BCUT2D eigenvalue weighted by Crippen LogP contribution is 2.22. The highest BCUT2D eigenvalue weighted by atomic mass is 19.1. The molecule has 1 atom stereocenters. The van der Waals surface area contributed by atoms with Crippen molar-refractivity contribution in [3.63, 3.8) is 0 Å². The number of rotatable bonds is 4. The van der Waals surface area contributed by atoms with E-state index in [-0.39, 0.29) is 0 Å². The predicted octanol–water partition coefficient (Wildman–Crippen LogP) is 1.08. The highest BCUT2D eigenvalue weighted by molar-refractivity contribution is 5.97. The molecule has 1 aromatic carbocycles. The zero-order valence-corrected chi connectivity index (χ0v) is 9.52. The number of hydrogen-bond acceptors (Lipinski definition) is 4. The minimum Gasteiger partial charge on any atom is -0.480 e.